The van der Waals surface area contributed by atoms with Crippen LogP contribution < -0.4 is 0 Å². The van der Waals surface area contributed by atoms with Gasteiger partial charge < -0.3 is 4.74 Å². The Morgan fingerprint density at radius 2 is 2.08 bits per heavy atom. The number of hydrogen-bond donors (Lipinski definition) is 0. The predicted molar refractivity (Wildman–Crippen MR) is 51.0 cm³/mol. The van der Waals surface area contributed by atoms with E-state index in [0.717, 1.165) is 5.56 Å². The molecule has 0 fully saturated rings. The molecule has 13 heavy (non-hydrogen) atoms. The van der Waals surface area contributed by atoms with Crippen LogP contribution in [0.15, 0.2) is 30.3 Å². The second-order valence-corrected chi connectivity index (χ2v) is 2.83. The zero-order chi connectivity index (χ0) is 9.52. The van der Waals surface area contributed by atoms with Crippen molar-refractivity contribution in [2.24, 2.45) is 0 Å². The van der Waals surface area contributed by atoms with Crippen molar-refractivity contribution >= 4 is 0 Å². The first-order valence-corrected chi connectivity index (χ1v) is 4.38. The lowest BCUT2D eigenvalue weighted by Crippen LogP contribution is -2.00. The highest BCUT2D eigenvalue weighted by Gasteiger charge is 2.03. The average molecular weight is 175 g/mol. The van der Waals surface area contributed by atoms with Gasteiger partial charge in [0.1, 0.15) is 0 Å². The van der Waals surface area contributed by atoms with Gasteiger partial charge in [0.05, 0.1) is 25.2 Å². The van der Waals surface area contributed by atoms with E-state index in [9.17, 15) is 0 Å². The molecule has 0 aliphatic rings. The molecule has 1 rings (SSSR count). The van der Waals surface area contributed by atoms with Crippen LogP contribution >= 0.6 is 0 Å². The summed E-state index contributed by atoms with van der Waals surface area (Å²) in [5.41, 5.74) is 1.15. The number of rotatable bonds is 4. The van der Waals surface area contributed by atoms with E-state index >= 15 is 0 Å². The smallest absolute Gasteiger partial charge is 0.0797 e. The Hall–Kier alpha value is -1.33. The van der Waals surface area contributed by atoms with Gasteiger partial charge in [-0.15, -0.1) is 0 Å². The van der Waals surface area contributed by atoms with Crippen LogP contribution in [-0.4, -0.2) is 6.61 Å². The highest BCUT2D eigenvalue weighted by molar-refractivity contribution is 5.16. The van der Waals surface area contributed by atoms with Crippen molar-refractivity contribution < 1.29 is 4.74 Å². The van der Waals surface area contributed by atoms with Crippen molar-refractivity contribution in [3.05, 3.63) is 35.9 Å². The summed E-state index contributed by atoms with van der Waals surface area (Å²) in [6.07, 6.45) is 0.534. The second-order valence-electron chi connectivity index (χ2n) is 2.83. The van der Waals surface area contributed by atoms with E-state index in [1.165, 1.54) is 0 Å². The number of benzene rings is 1. The highest BCUT2D eigenvalue weighted by Crippen LogP contribution is 2.15. The zero-order valence-corrected chi connectivity index (χ0v) is 7.73. The maximum absolute atomic E-state index is 8.32. The van der Waals surface area contributed by atoms with Gasteiger partial charge in [-0.05, 0) is 12.5 Å². The standard InChI is InChI=1S/C11H13NO/c1-10(13-9-5-8-12)11-6-3-2-4-7-11/h2-4,6-7,10H,5,9H2,1H3/t10-/m0/s1. The van der Waals surface area contributed by atoms with E-state index in [0.29, 0.717) is 13.0 Å². The third kappa shape index (κ3) is 3.27. The van der Waals surface area contributed by atoms with Crippen LogP contribution in [0.1, 0.15) is 25.0 Å². The third-order valence-electron chi connectivity index (χ3n) is 1.85. The molecule has 0 radical (unpaired) electrons. The molecule has 0 bridgehead atoms. The van der Waals surface area contributed by atoms with Gasteiger partial charge in [-0.3, -0.25) is 0 Å². The minimum Gasteiger partial charge on any atom is -0.373 e. The summed E-state index contributed by atoms with van der Waals surface area (Å²) in [5.74, 6) is 0. The Bertz CT molecular complexity index is 276. The molecule has 1 aromatic rings. The minimum atomic E-state index is 0.0783. The molecule has 1 aromatic carbocycles. The van der Waals surface area contributed by atoms with Crippen LogP contribution in [0.4, 0.5) is 0 Å². The lowest BCUT2D eigenvalue weighted by molar-refractivity contribution is 0.0700. The second kappa shape index (κ2) is 5.34. The minimum absolute atomic E-state index is 0.0783. The van der Waals surface area contributed by atoms with E-state index in [-0.39, 0.29) is 6.10 Å². The van der Waals surface area contributed by atoms with E-state index < -0.39 is 0 Å². The van der Waals surface area contributed by atoms with Crippen molar-refractivity contribution in [1.29, 1.82) is 5.26 Å². The van der Waals surface area contributed by atoms with Crippen molar-refractivity contribution in [1.82, 2.24) is 0 Å². The summed E-state index contributed by atoms with van der Waals surface area (Å²) < 4.78 is 5.45. The molecule has 0 saturated carbocycles. The normalized spacial score (nSPS) is 12.0. The summed E-state index contributed by atoms with van der Waals surface area (Å²) in [5, 5.41) is 8.32. The Morgan fingerprint density at radius 1 is 1.38 bits per heavy atom. The summed E-state index contributed by atoms with van der Waals surface area (Å²) in [6, 6.07) is 12.0. The highest BCUT2D eigenvalue weighted by atomic mass is 16.5. The number of hydrogen-bond acceptors (Lipinski definition) is 2. The van der Waals surface area contributed by atoms with Crippen LogP contribution in [0.25, 0.3) is 0 Å². The molecule has 0 amide bonds. The number of nitriles is 1. The van der Waals surface area contributed by atoms with E-state index in [1.807, 2.05) is 43.3 Å². The van der Waals surface area contributed by atoms with Crippen LogP contribution in [0, 0.1) is 11.3 Å². The first kappa shape index (κ1) is 9.76. The molecule has 0 aliphatic heterocycles. The topological polar surface area (TPSA) is 33.0 Å². The molecule has 0 spiro atoms. The number of ether oxygens (including phenoxy) is 1. The third-order valence-corrected chi connectivity index (χ3v) is 1.85. The van der Waals surface area contributed by atoms with Gasteiger partial charge >= 0.3 is 0 Å². The van der Waals surface area contributed by atoms with Crippen LogP contribution in [-0.2, 0) is 4.74 Å². The quantitative estimate of drug-likeness (QED) is 0.659. The molecule has 0 N–H and O–H groups in total. The average Bonchev–Trinajstić information content (AvgIpc) is 2.19. The maximum Gasteiger partial charge on any atom is 0.0797 e. The molecule has 0 unspecified atom stereocenters. The van der Waals surface area contributed by atoms with Gasteiger partial charge in [0, 0.05) is 0 Å². The van der Waals surface area contributed by atoms with E-state index in [1.54, 1.807) is 0 Å². The number of nitrogens with zero attached hydrogens (tertiary/aromatic N) is 1. The van der Waals surface area contributed by atoms with Gasteiger partial charge in [-0.2, -0.15) is 5.26 Å². The molecule has 0 heterocycles. The molecule has 1 atom stereocenters. The van der Waals surface area contributed by atoms with Gasteiger partial charge in [0.2, 0.25) is 0 Å². The lowest BCUT2D eigenvalue weighted by atomic mass is 10.1. The van der Waals surface area contributed by atoms with E-state index in [2.05, 4.69) is 0 Å². The summed E-state index contributed by atoms with van der Waals surface area (Å²) in [4.78, 5) is 0. The Kier molecular flexibility index (Phi) is 4.01. The summed E-state index contributed by atoms with van der Waals surface area (Å²) in [6.45, 7) is 2.50. The van der Waals surface area contributed by atoms with Crippen LogP contribution in [0.2, 0.25) is 0 Å². The molecule has 0 saturated heterocycles. The monoisotopic (exact) mass is 175 g/mol. The molecule has 68 valence electrons. The van der Waals surface area contributed by atoms with Crippen molar-refractivity contribution in [3.63, 3.8) is 0 Å². The first-order chi connectivity index (χ1) is 6.34. The summed E-state index contributed by atoms with van der Waals surface area (Å²) in [7, 11) is 0. The lowest BCUT2D eigenvalue weighted by Gasteiger charge is -2.11. The maximum atomic E-state index is 8.32. The van der Waals surface area contributed by atoms with Gasteiger partial charge in [-0.25, -0.2) is 0 Å². The molecular formula is C11H13NO. The van der Waals surface area contributed by atoms with Gasteiger partial charge in [0.25, 0.3) is 0 Å². The summed E-state index contributed by atoms with van der Waals surface area (Å²) >= 11 is 0. The largest absolute Gasteiger partial charge is 0.373 e. The Balaban J connectivity index is 2.41. The Morgan fingerprint density at radius 3 is 2.69 bits per heavy atom. The molecule has 0 aromatic heterocycles. The van der Waals surface area contributed by atoms with Crippen LogP contribution in [0.3, 0.4) is 0 Å². The molecule has 2 heteroatoms. The van der Waals surface area contributed by atoms with Crippen molar-refractivity contribution in [2.75, 3.05) is 6.61 Å². The first-order valence-electron chi connectivity index (χ1n) is 4.38. The molecule has 2 nitrogen and oxygen atoms in total. The fraction of sp³-hybridized carbons (Fsp3) is 0.364. The fourth-order valence-electron chi connectivity index (χ4n) is 1.10. The van der Waals surface area contributed by atoms with Crippen molar-refractivity contribution in [2.45, 2.75) is 19.4 Å². The Labute approximate surface area is 78.8 Å². The van der Waals surface area contributed by atoms with Crippen molar-refractivity contribution in [3.8, 4) is 6.07 Å². The zero-order valence-electron chi connectivity index (χ0n) is 7.73. The van der Waals surface area contributed by atoms with Gasteiger partial charge in [0.15, 0.2) is 0 Å². The predicted octanol–water partition coefficient (Wildman–Crippen LogP) is 2.68. The van der Waals surface area contributed by atoms with E-state index in [4.69, 9.17) is 10.00 Å². The SMILES string of the molecule is C[C@H](OCCC#N)c1ccccc1. The van der Waals surface area contributed by atoms with Gasteiger partial charge in [-0.1, -0.05) is 30.3 Å². The fourth-order valence-corrected chi connectivity index (χ4v) is 1.10. The molecular weight excluding hydrogens is 162 g/mol. The molecule has 0 aliphatic carbocycles. The van der Waals surface area contributed by atoms with Crippen LogP contribution in [0.5, 0.6) is 0 Å².